The molecule has 92 valence electrons. The fourth-order valence-electron chi connectivity index (χ4n) is 3.03. The molecule has 2 unspecified atom stereocenters. The minimum absolute atomic E-state index is 0.283. The molecule has 2 atom stereocenters. The number of carbonyl (C=O) groups is 1. The van der Waals surface area contributed by atoms with Crippen LogP contribution in [0.2, 0.25) is 0 Å². The Balaban J connectivity index is 1.69. The van der Waals surface area contributed by atoms with Gasteiger partial charge in [-0.2, -0.15) is 0 Å². The zero-order valence-electron chi connectivity index (χ0n) is 10.3. The largest absolute Gasteiger partial charge is 0.353 e. The Morgan fingerprint density at radius 1 is 1.31 bits per heavy atom. The Labute approximate surface area is 98.4 Å². The van der Waals surface area contributed by atoms with Crippen molar-refractivity contribution in [2.75, 3.05) is 6.54 Å². The number of piperidine rings is 1. The standard InChI is InChI=1S/C13H24N2O/c1-10-8-12(6-7-14-10)15-13(16)9-11-4-2-3-5-11/h10-12,14H,2-9H2,1H3,(H,15,16). The van der Waals surface area contributed by atoms with Crippen LogP contribution in [0.5, 0.6) is 0 Å². The Kier molecular flexibility index (Phi) is 4.22. The average Bonchev–Trinajstić information content (AvgIpc) is 2.70. The van der Waals surface area contributed by atoms with E-state index >= 15 is 0 Å². The molecule has 1 saturated carbocycles. The van der Waals surface area contributed by atoms with E-state index in [4.69, 9.17) is 0 Å². The summed E-state index contributed by atoms with van der Waals surface area (Å²) in [5.41, 5.74) is 0. The van der Waals surface area contributed by atoms with Crippen molar-refractivity contribution in [3.8, 4) is 0 Å². The topological polar surface area (TPSA) is 41.1 Å². The van der Waals surface area contributed by atoms with E-state index in [2.05, 4.69) is 17.6 Å². The summed E-state index contributed by atoms with van der Waals surface area (Å²) in [7, 11) is 0. The van der Waals surface area contributed by atoms with Crippen molar-refractivity contribution in [3.05, 3.63) is 0 Å². The Bertz CT molecular complexity index is 236. The first kappa shape index (κ1) is 11.9. The molecule has 2 fully saturated rings. The van der Waals surface area contributed by atoms with Gasteiger partial charge in [0.1, 0.15) is 0 Å². The second kappa shape index (κ2) is 5.67. The van der Waals surface area contributed by atoms with Crippen molar-refractivity contribution >= 4 is 5.91 Å². The van der Waals surface area contributed by atoms with Crippen LogP contribution in [-0.4, -0.2) is 24.5 Å². The number of rotatable bonds is 3. The lowest BCUT2D eigenvalue weighted by Crippen LogP contribution is -2.46. The lowest BCUT2D eigenvalue weighted by atomic mass is 9.99. The molecule has 1 aliphatic carbocycles. The Hall–Kier alpha value is -0.570. The third-order valence-electron chi connectivity index (χ3n) is 3.94. The lowest BCUT2D eigenvalue weighted by Gasteiger charge is -2.29. The third-order valence-corrected chi connectivity index (χ3v) is 3.94. The highest BCUT2D eigenvalue weighted by Gasteiger charge is 2.22. The van der Waals surface area contributed by atoms with Crippen LogP contribution in [0.1, 0.15) is 51.9 Å². The highest BCUT2D eigenvalue weighted by Crippen LogP contribution is 2.27. The number of amides is 1. The molecule has 3 nitrogen and oxygen atoms in total. The summed E-state index contributed by atoms with van der Waals surface area (Å²) in [6, 6.07) is 0.954. The smallest absolute Gasteiger partial charge is 0.220 e. The van der Waals surface area contributed by atoms with Gasteiger partial charge in [-0.1, -0.05) is 12.8 Å². The maximum atomic E-state index is 11.8. The van der Waals surface area contributed by atoms with E-state index in [1.54, 1.807) is 0 Å². The predicted molar refractivity (Wildman–Crippen MR) is 65.2 cm³/mol. The van der Waals surface area contributed by atoms with E-state index in [0.717, 1.165) is 25.8 Å². The van der Waals surface area contributed by atoms with Crippen LogP contribution in [0.15, 0.2) is 0 Å². The van der Waals surface area contributed by atoms with Crippen LogP contribution < -0.4 is 10.6 Å². The van der Waals surface area contributed by atoms with Gasteiger partial charge >= 0.3 is 0 Å². The monoisotopic (exact) mass is 224 g/mol. The number of carbonyl (C=O) groups excluding carboxylic acids is 1. The van der Waals surface area contributed by atoms with Crippen LogP contribution in [0.25, 0.3) is 0 Å². The zero-order chi connectivity index (χ0) is 11.4. The van der Waals surface area contributed by atoms with Gasteiger partial charge in [-0.25, -0.2) is 0 Å². The van der Waals surface area contributed by atoms with Gasteiger partial charge < -0.3 is 10.6 Å². The van der Waals surface area contributed by atoms with Crippen molar-refractivity contribution < 1.29 is 4.79 Å². The fraction of sp³-hybridized carbons (Fsp3) is 0.923. The van der Waals surface area contributed by atoms with Crippen LogP contribution in [-0.2, 0) is 4.79 Å². The number of hydrogen-bond donors (Lipinski definition) is 2. The van der Waals surface area contributed by atoms with Crippen molar-refractivity contribution in [1.29, 1.82) is 0 Å². The summed E-state index contributed by atoms with van der Waals surface area (Å²) in [6.45, 7) is 3.23. The number of hydrogen-bond acceptors (Lipinski definition) is 2. The molecule has 16 heavy (non-hydrogen) atoms. The third kappa shape index (κ3) is 3.48. The van der Waals surface area contributed by atoms with Gasteiger partial charge in [-0.3, -0.25) is 4.79 Å². The normalized spacial score (nSPS) is 31.6. The van der Waals surface area contributed by atoms with Crippen molar-refractivity contribution in [2.24, 2.45) is 5.92 Å². The molecule has 0 spiro atoms. The molecule has 0 bridgehead atoms. The minimum atomic E-state index is 0.283. The molecule has 1 aliphatic heterocycles. The highest BCUT2D eigenvalue weighted by atomic mass is 16.1. The first-order chi connectivity index (χ1) is 7.74. The van der Waals surface area contributed by atoms with Crippen molar-refractivity contribution in [1.82, 2.24) is 10.6 Å². The molecule has 1 amide bonds. The molecule has 3 heteroatoms. The Morgan fingerprint density at radius 2 is 2.06 bits per heavy atom. The molecule has 0 aromatic heterocycles. The van der Waals surface area contributed by atoms with Crippen LogP contribution in [0, 0.1) is 5.92 Å². The lowest BCUT2D eigenvalue weighted by molar-refractivity contribution is -0.122. The maximum absolute atomic E-state index is 11.8. The SMILES string of the molecule is CC1CC(NC(=O)CC2CCCC2)CCN1. The van der Waals surface area contributed by atoms with Crippen LogP contribution >= 0.6 is 0 Å². The molecule has 2 aliphatic rings. The predicted octanol–water partition coefficient (Wildman–Crippen LogP) is 1.82. The van der Waals surface area contributed by atoms with E-state index in [0.29, 0.717) is 18.0 Å². The summed E-state index contributed by atoms with van der Waals surface area (Å²) in [5.74, 6) is 0.949. The highest BCUT2D eigenvalue weighted by molar-refractivity contribution is 5.76. The first-order valence-corrected chi connectivity index (χ1v) is 6.77. The van der Waals surface area contributed by atoms with Gasteiger partial charge in [0.15, 0.2) is 0 Å². The molecule has 1 heterocycles. The fourth-order valence-corrected chi connectivity index (χ4v) is 3.03. The molecule has 0 radical (unpaired) electrons. The van der Waals surface area contributed by atoms with Crippen LogP contribution in [0.3, 0.4) is 0 Å². The molecule has 2 N–H and O–H groups in total. The van der Waals surface area contributed by atoms with E-state index in [1.165, 1.54) is 25.7 Å². The van der Waals surface area contributed by atoms with Gasteiger partial charge in [-0.05, 0) is 45.1 Å². The summed E-state index contributed by atoms with van der Waals surface area (Å²) >= 11 is 0. The quantitative estimate of drug-likeness (QED) is 0.768. The van der Waals surface area contributed by atoms with Crippen LogP contribution in [0.4, 0.5) is 0 Å². The average molecular weight is 224 g/mol. The second-order valence-corrected chi connectivity index (χ2v) is 5.50. The summed E-state index contributed by atoms with van der Waals surface area (Å²) < 4.78 is 0. The summed E-state index contributed by atoms with van der Waals surface area (Å²) in [4.78, 5) is 11.8. The van der Waals surface area contributed by atoms with E-state index in [1.807, 2.05) is 0 Å². The molecular weight excluding hydrogens is 200 g/mol. The van der Waals surface area contributed by atoms with Gasteiger partial charge in [0.05, 0.1) is 0 Å². The van der Waals surface area contributed by atoms with E-state index < -0.39 is 0 Å². The molecule has 1 saturated heterocycles. The van der Waals surface area contributed by atoms with E-state index in [9.17, 15) is 4.79 Å². The summed E-state index contributed by atoms with van der Waals surface area (Å²) in [5, 5.41) is 6.60. The van der Waals surface area contributed by atoms with Crippen molar-refractivity contribution in [2.45, 2.75) is 64.0 Å². The van der Waals surface area contributed by atoms with Crippen molar-refractivity contribution in [3.63, 3.8) is 0 Å². The maximum Gasteiger partial charge on any atom is 0.220 e. The Morgan fingerprint density at radius 3 is 2.75 bits per heavy atom. The van der Waals surface area contributed by atoms with Gasteiger partial charge in [-0.15, -0.1) is 0 Å². The zero-order valence-corrected chi connectivity index (χ0v) is 10.3. The number of nitrogens with one attached hydrogen (secondary N) is 2. The molecule has 0 aromatic carbocycles. The molecule has 0 aromatic rings. The first-order valence-electron chi connectivity index (χ1n) is 6.77. The molecule has 2 rings (SSSR count). The molecular formula is C13H24N2O. The second-order valence-electron chi connectivity index (χ2n) is 5.50. The van der Waals surface area contributed by atoms with E-state index in [-0.39, 0.29) is 5.91 Å². The van der Waals surface area contributed by atoms with Gasteiger partial charge in [0.2, 0.25) is 5.91 Å². The minimum Gasteiger partial charge on any atom is -0.353 e. The van der Waals surface area contributed by atoms with Gasteiger partial charge in [0.25, 0.3) is 0 Å². The van der Waals surface area contributed by atoms with Gasteiger partial charge in [0, 0.05) is 18.5 Å². The summed E-state index contributed by atoms with van der Waals surface area (Å²) in [6.07, 6.45) is 8.09.